The summed E-state index contributed by atoms with van der Waals surface area (Å²) in [7, 11) is 1.63. The van der Waals surface area contributed by atoms with Gasteiger partial charge in [-0.1, -0.05) is 42.1 Å². The Kier molecular flexibility index (Phi) is 7.86. The van der Waals surface area contributed by atoms with Gasteiger partial charge >= 0.3 is 0 Å². The third-order valence-corrected chi connectivity index (χ3v) is 7.54. The van der Waals surface area contributed by atoms with E-state index in [2.05, 4.69) is 20.7 Å². The molecule has 1 amide bonds. The van der Waals surface area contributed by atoms with E-state index in [-0.39, 0.29) is 16.5 Å². The first-order valence-corrected chi connectivity index (χ1v) is 12.4. The molecule has 1 aliphatic heterocycles. The van der Waals surface area contributed by atoms with Gasteiger partial charge in [0.2, 0.25) is 12.2 Å². The number of nitrogens with zero attached hydrogens (tertiary/aromatic N) is 4. The minimum absolute atomic E-state index is 0.0479. The van der Waals surface area contributed by atoms with E-state index in [1.807, 2.05) is 30.3 Å². The highest BCUT2D eigenvalue weighted by Gasteiger charge is 2.51. The lowest BCUT2D eigenvalue weighted by molar-refractivity contribution is -0.145. The summed E-state index contributed by atoms with van der Waals surface area (Å²) in [6, 6.07) is 12.3. The second kappa shape index (κ2) is 11.1. The number of nitrogens with one attached hydrogen (secondary N) is 2. The van der Waals surface area contributed by atoms with E-state index in [1.54, 1.807) is 13.2 Å². The minimum Gasteiger partial charge on any atom is -0.383 e. The molecular formula is C25H26F2N6O2S. The predicted octanol–water partition coefficient (Wildman–Crippen LogP) is 3.25. The maximum Gasteiger partial charge on any atom is 0.273 e. The normalized spacial score (nSPS) is 20.5. The fourth-order valence-electron chi connectivity index (χ4n) is 4.08. The maximum absolute atomic E-state index is 14.7. The Balaban J connectivity index is 1.71. The number of guanidine groups is 1. The number of aliphatic hydroxyl groups is 1. The number of thioether (sulfide) groups is 1. The van der Waals surface area contributed by atoms with Crippen molar-refractivity contribution in [3.63, 3.8) is 0 Å². The van der Waals surface area contributed by atoms with Crippen LogP contribution >= 0.6 is 11.8 Å². The van der Waals surface area contributed by atoms with Crippen molar-refractivity contribution < 1.29 is 18.7 Å². The van der Waals surface area contributed by atoms with E-state index >= 15 is 0 Å². The Morgan fingerprint density at radius 1 is 1.33 bits per heavy atom. The quantitative estimate of drug-likeness (QED) is 0.217. The van der Waals surface area contributed by atoms with E-state index in [0.717, 1.165) is 48.4 Å². The molecule has 3 N–H and O–H groups in total. The maximum atomic E-state index is 14.7. The van der Waals surface area contributed by atoms with Gasteiger partial charge in [0.1, 0.15) is 27.7 Å². The third-order valence-electron chi connectivity index (χ3n) is 6.10. The molecule has 36 heavy (non-hydrogen) atoms. The van der Waals surface area contributed by atoms with Crippen molar-refractivity contribution in [1.82, 2.24) is 15.6 Å². The summed E-state index contributed by atoms with van der Waals surface area (Å²) < 4.78 is 28.8. The van der Waals surface area contributed by atoms with Gasteiger partial charge in [0.25, 0.3) is 5.91 Å². The molecule has 11 heteroatoms. The average molecular weight is 513 g/mol. The molecule has 0 aromatic heterocycles. The second-order valence-electron chi connectivity index (χ2n) is 8.55. The summed E-state index contributed by atoms with van der Waals surface area (Å²) in [5.74, 6) is -1.68. The molecule has 188 valence electrons. The van der Waals surface area contributed by atoms with Gasteiger partial charge < -0.3 is 15.7 Å². The molecule has 1 aliphatic carbocycles. The number of carbonyl (C=O) groups excluding carboxylic acids is 1. The largest absolute Gasteiger partial charge is 0.383 e. The van der Waals surface area contributed by atoms with Gasteiger partial charge in [-0.25, -0.2) is 13.8 Å². The number of carbonyl (C=O) groups is 1. The van der Waals surface area contributed by atoms with E-state index in [0.29, 0.717) is 25.3 Å². The third kappa shape index (κ3) is 5.34. The summed E-state index contributed by atoms with van der Waals surface area (Å²) in [4.78, 5) is 16.1. The first-order valence-electron chi connectivity index (χ1n) is 11.6. The Hall–Kier alpha value is -3.49. The highest BCUT2D eigenvalue weighted by molar-refractivity contribution is 8.15. The topological polar surface area (TPSA) is 113 Å². The molecule has 4 rings (SSSR count). The summed E-state index contributed by atoms with van der Waals surface area (Å²) in [5.41, 5.74) is 0.690. The highest BCUT2D eigenvalue weighted by atomic mass is 32.2. The lowest BCUT2D eigenvalue weighted by atomic mass is 9.99. The first-order chi connectivity index (χ1) is 17.4. The van der Waals surface area contributed by atoms with Crippen LogP contribution in [0.5, 0.6) is 0 Å². The smallest absolute Gasteiger partial charge is 0.273 e. The van der Waals surface area contributed by atoms with Gasteiger partial charge in [-0.3, -0.25) is 4.79 Å². The van der Waals surface area contributed by atoms with Gasteiger partial charge in [0.15, 0.2) is 0 Å². The SMILES string of the molecule is CN/C(=N/C#N)NCCCC1(c2ccccc2)SC(c2cc(F)ccc2F)=NN1C(=O)[C@@H](O)C1CC1. The van der Waals surface area contributed by atoms with Crippen LogP contribution in [0, 0.1) is 29.0 Å². The summed E-state index contributed by atoms with van der Waals surface area (Å²) >= 11 is 1.16. The summed E-state index contributed by atoms with van der Waals surface area (Å²) in [6.45, 7) is 0.410. The zero-order valence-corrected chi connectivity index (χ0v) is 20.4. The molecular weight excluding hydrogens is 486 g/mol. The van der Waals surface area contributed by atoms with Crippen molar-refractivity contribution in [3.8, 4) is 6.19 Å². The van der Waals surface area contributed by atoms with Crippen LogP contribution in [0.3, 0.4) is 0 Å². The number of hydrogen-bond donors (Lipinski definition) is 3. The van der Waals surface area contributed by atoms with Gasteiger partial charge in [-0.05, 0) is 55.4 Å². The Morgan fingerprint density at radius 2 is 2.08 bits per heavy atom. The van der Waals surface area contributed by atoms with Crippen LogP contribution in [-0.2, 0) is 9.67 Å². The number of amides is 1. The molecule has 2 atom stereocenters. The second-order valence-corrected chi connectivity index (χ2v) is 9.82. The standard InChI is InChI=1S/C25H26F2N6O2S/c1-29-24(31-15-28)30-13-5-12-25(17-6-3-2-4-7-17)33(23(35)21(34)16-8-9-16)32-22(36-25)19-14-18(26)10-11-20(19)27/h2-4,6-7,10-11,14,16,21,34H,5,8-9,12-13H2,1H3,(H2,29,30,31)/t21-,25?/m0/s1. The molecule has 0 bridgehead atoms. The molecule has 1 unspecified atom stereocenters. The molecule has 0 radical (unpaired) electrons. The van der Waals surface area contributed by atoms with Crippen molar-refractivity contribution in [2.75, 3.05) is 13.6 Å². The predicted molar refractivity (Wildman–Crippen MR) is 134 cm³/mol. The minimum atomic E-state index is -1.23. The molecule has 1 fully saturated rings. The Labute approximate surface area is 212 Å². The summed E-state index contributed by atoms with van der Waals surface area (Å²) in [5, 5.41) is 31.2. The molecule has 8 nitrogen and oxygen atoms in total. The Morgan fingerprint density at radius 3 is 2.75 bits per heavy atom. The van der Waals surface area contributed by atoms with Gasteiger partial charge in [-0.15, -0.1) is 4.99 Å². The van der Waals surface area contributed by atoms with Crippen LogP contribution in [0.2, 0.25) is 0 Å². The lowest BCUT2D eigenvalue weighted by Crippen LogP contribution is -2.47. The van der Waals surface area contributed by atoms with Crippen LogP contribution < -0.4 is 10.6 Å². The number of aliphatic hydroxyl groups excluding tert-OH is 1. The van der Waals surface area contributed by atoms with Crippen LogP contribution in [0.15, 0.2) is 58.6 Å². The number of benzene rings is 2. The lowest BCUT2D eigenvalue weighted by Gasteiger charge is -2.37. The zero-order chi connectivity index (χ0) is 25.7. The monoisotopic (exact) mass is 512 g/mol. The highest BCUT2D eigenvalue weighted by Crippen LogP contribution is 2.51. The molecule has 0 spiro atoms. The zero-order valence-electron chi connectivity index (χ0n) is 19.6. The van der Waals surface area contributed by atoms with Crippen LogP contribution in [0.1, 0.15) is 36.8 Å². The number of hydrazone groups is 1. The molecule has 2 aromatic carbocycles. The van der Waals surface area contributed by atoms with Crippen LogP contribution in [0.25, 0.3) is 0 Å². The number of rotatable bonds is 8. The van der Waals surface area contributed by atoms with Crippen molar-refractivity contribution in [2.24, 2.45) is 16.0 Å². The van der Waals surface area contributed by atoms with Crippen molar-refractivity contribution in [2.45, 2.75) is 36.7 Å². The van der Waals surface area contributed by atoms with Gasteiger partial charge in [0, 0.05) is 19.2 Å². The molecule has 2 aliphatic rings. The molecule has 2 aromatic rings. The van der Waals surface area contributed by atoms with Gasteiger partial charge in [-0.2, -0.15) is 10.4 Å². The average Bonchev–Trinajstić information content (AvgIpc) is 3.67. The number of hydrogen-bond acceptors (Lipinski definition) is 6. The fraction of sp³-hybridized carbons (Fsp3) is 0.360. The Bertz CT molecular complexity index is 1210. The van der Waals surface area contributed by atoms with Crippen molar-refractivity contribution in [3.05, 3.63) is 71.3 Å². The number of aliphatic imine (C=N–C) groups is 1. The first kappa shape index (κ1) is 25.6. The molecule has 0 saturated heterocycles. The van der Waals surface area contributed by atoms with E-state index in [9.17, 15) is 18.7 Å². The van der Waals surface area contributed by atoms with Crippen LogP contribution in [-0.4, -0.2) is 46.7 Å². The van der Waals surface area contributed by atoms with E-state index < -0.39 is 28.5 Å². The fourth-order valence-corrected chi connectivity index (χ4v) is 5.51. The van der Waals surface area contributed by atoms with Gasteiger partial charge in [0.05, 0.1) is 0 Å². The molecule has 1 saturated carbocycles. The number of nitriles is 1. The van der Waals surface area contributed by atoms with E-state index in [1.165, 1.54) is 5.01 Å². The molecule has 1 heterocycles. The number of halogens is 2. The van der Waals surface area contributed by atoms with Crippen molar-refractivity contribution in [1.29, 1.82) is 5.26 Å². The summed E-state index contributed by atoms with van der Waals surface area (Å²) in [6.07, 6.45) is 2.85. The van der Waals surface area contributed by atoms with Crippen LogP contribution in [0.4, 0.5) is 8.78 Å². The van der Waals surface area contributed by atoms with E-state index in [4.69, 9.17) is 5.26 Å². The van der Waals surface area contributed by atoms with Crippen molar-refractivity contribution >= 4 is 28.7 Å².